The lowest BCUT2D eigenvalue weighted by Gasteiger charge is -2.13. The van der Waals surface area contributed by atoms with Crippen molar-refractivity contribution in [3.63, 3.8) is 0 Å². The lowest BCUT2D eigenvalue weighted by Crippen LogP contribution is -2.27. The Morgan fingerprint density at radius 2 is 1.82 bits per heavy atom. The summed E-state index contributed by atoms with van der Waals surface area (Å²) in [5, 5.41) is 6.41. The molecule has 0 spiro atoms. The molecule has 0 atom stereocenters. The number of halogens is 4. The number of anilines is 1. The number of nitrogens with one attached hydrogen (secondary N) is 1. The number of ether oxygens (including phenoxy) is 2. The fraction of sp³-hybridized carbons (Fsp3) is 0.182. The van der Waals surface area contributed by atoms with Crippen molar-refractivity contribution in [3.05, 3.63) is 80.7 Å². The van der Waals surface area contributed by atoms with E-state index in [1.54, 1.807) is 31.2 Å². The maximum Gasteiger partial charge on any atom is 0.416 e. The molecule has 8 nitrogen and oxygen atoms in total. The second kappa shape index (κ2) is 10.5. The van der Waals surface area contributed by atoms with Gasteiger partial charge in [0.05, 0.1) is 23.9 Å². The first-order valence-corrected chi connectivity index (χ1v) is 10.5. The second-order valence-corrected chi connectivity index (χ2v) is 7.64. The Bertz CT molecular complexity index is 1260. The van der Waals surface area contributed by atoms with E-state index in [0.717, 1.165) is 35.0 Å². The maximum absolute atomic E-state index is 12.7. The van der Waals surface area contributed by atoms with Gasteiger partial charge in [0.15, 0.2) is 12.4 Å². The first kappa shape index (κ1) is 25.0. The van der Waals surface area contributed by atoms with Gasteiger partial charge in [0, 0.05) is 10.2 Å². The highest BCUT2D eigenvalue weighted by Gasteiger charge is 2.30. The molecule has 12 heteroatoms. The number of aromatic nitrogens is 2. The molecule has 0 bridgehead atoms. The van der Waals surface area contributed by atoms with E-state index in [-0.39, 0.29) is 23.7 Å². The van der Waals surface area contributed by atoms with Crippen LogP contribution in [-0.2, 0) is 15.7 Å². The number of hydrogen-bond acceptors (Lipinski definition) is 6. The van der Waals surface area contributed by atoms with Crippen LogP contribution >= 0.6 is 15.9 Å². The molecule has 1 aromatic heterocycles. The molecule has 0 saturated carbocycles. The normalized spacial score (nSPS) is 11.1. The van der Waals surface area contributed by atoms with Crippen LogP contribution in [0.4, 0.5) is 18.9 Å². The molecule has 0 aliphatic heterocycles. The van der Waals surface area contributed by atoms with E-state index in [1.807, 2.05) is 0 Å². The van der Waals surface area contributed by atoms with Gasteiger partial charge in [0.25, 0.3) is 11.5 Å². The Morgan fingerprint density at radius 1 is 1.12 bits per heavy atom. The van der Waals surface area contributed by atoms with Crippen molar-refractivity contribution < 1.29 is 32.2 Å². The number of hydrogen-bond donors (Lipinski definition) is 1. The minimum absolute atomic E-state index is 0.0321. The third kappa shape index (κ3) is 6.22. The average Bonchev–Trinajstić information content (AvgIpc) is 2.77. The Hall–Kier alpha value is -3.67. The van der Waals surface area contributed by atoms with Crippen molar-refractivity contribution in [1.82, 2.24) is 9.78 Å². The highest BCUT2D eigenvalue weighted by molar-refractivity contribution is 9.10. The van der Waals surface area contributed by atoms with Gasteiger partial charge in [-0.25, -0.2) is 4.79 Å². The Kier molecular flexibility index (Phi) is 7.72. The van der Waals surface area contributed by atoms with Gasteiger partial charge in [-0.15, -0.1) is 0 Å². The van der Waals surface area contributed by atoms with Crippen LogP contribution in [0, 0.1) is 0 Å². The number of carbonyl (C=O) groups is 2. The van der Waals surface area contributed by atoms with Crippen LogP contribution in [0.5, 0.6) is 5.75 Å². The standard InChI is InChI=1S/C22H17BrF3N3O5/c1-2-33-21(32)20-17(11-19(31)29(28-20)16-5-3-4-14(23)10-16)34-12-18(30)27-15-8-6-13(7-9-15)22(24,25)26/h3-11H,2,12H2,1H3,(H,27,30). The number of rotatable bonds is 7. The molecule has 3 rings (SSSR count). The quantitative estimate of drug-likeness (QED) is 0.451. The largest absolute Gasteiger partial charge is 0.481 e. The molecule has 3 aromatic rings. The molecule has 0 saturated heterocycles. The summed E-state index contributed by atoms with van der Waals surface area (Å²) in [6.45, 7) is 0.972. The van der Waals surface area contributed by atoms with Crippen molar-refractivity contribution in [2.24, 2.45) is 0 Å². The number of nitrogens with zero attached hydrogens (tertiary/aromatic N) is 2. The van der Waals surface area contributed by atoms with E-state index >= 15 is 0 Å². The fourth-order valence-corrected chi connectivity index (χ4v) is 3.15. The van der Waals surface area contributed by atoms with Gasteiger partial charge in [0.1, 0.15) is 0 Å². The highest BCUT2D eigenvalue weighted by Crippen LogP contribution is 2.29. The van der Waals surface area contributed by atoms with Gasteiger partial charge in [-0.2, -0.15) is 23.0 Å². The zero-order chi connectivity index (χ0) is 24.9. The predicted molar refractivity (Wildman–Crippen MR) is 119 cm³/mol. The van der Waals surface area contributed by atoms with Crippen LogP contribution in [0.1, 0.15) is 23.0 Å². The Labute approximate surface area is 199 Å². The summed E-state index contributed by atoms with van der Waals surface area (Å²) in [7, 11) is 0. The number of amides is 1. The van der Waals surface area contributed by atoms with Crippen LogP contribution in [0.15, 0.2) is 63.9 Å². The summed E-state index contributed by atoms with van der Waals surface area (Å²) >= 11 is 3.29. The molecule has 0 unspecified atom stereocenters. The van der Waals surface area contributed by atoms with Crippen molar-refractivity contribution in [2.45, 2.75) is 13.1 Å². The van der Waals surface area contributed by atoms with Gasteiger partial charge >= 0.3 is 12.1 Å². The summed E-state index contributed by atoms with van der Waals surface area (Å²) in [4.78, 5) is 37.2. The molecule has 178 valence electrons. The minimum atomic E-state index is -4.50. The second-order valence-electron chi connectivity index (χ2n) is 6.72. The first-order chi connectivity index (χ1) is 16.1. The van der Waals surface area contributed by atoms with Crippen LogP contribution in [0.2, 0.25) is 0 Å². The molecule has 0 aliphatic carbocycles. The smallest absolute Gasteiger partial charge is 0.416 e. The van der Waals surface area contributed by atoms with Crippen LogP contribution in [0.3, 0.4) is 0 Å². The van der Waals surface area contributed by atoms with E-state index in [9.17, 15) is 27.6 Å². The third-order valence-corrected chi connectivity index (χ3v) is 4.77. The van der Waals surface area contributed by atoms with Crippen molar-refractivity contribution in [3.8, 4) is 11.4 Å². The molecular formula is C22H17BrF3N3O5. The fourth-order valence-electron chi connectivity index (χ4n) is 2.77. The van der Waals surface area contributed by atoms with Crippen molar-refractivity contribution in [2.75, 3.05) is 18.5 Å². The zero-order valence-corrected chi connectivity index (χ0v) is 19.1. The van der Waals surface area contributed by atoms with E-state index in [1.165, 1.54) is 0 Å². The van der Waals surface area contributed by atoms with Crippen LogP contribution in [0.25, 0.3) is 5.69 Å². The van der Waals surface area contributed by atoms with Crippen LogP contribution < -0.4 is 15.6 Å². The molecule has 1 N–H and O–H groups in total. The molecule has 0 fully saturated rings. The summed E-state index contributed by atoms with van der Waals surface area (Å²) in [6, 6.07) is 11.4. The number of benzene rings is 2. The lowest BCUT2D eigenvalue weighted by atomic mass is 10.2. The molecule has 2 aromatic carbocycles. The molecular weight excluding hydrogens is 523 g/mol. The van der Waals surface area contributed by atoms with Gasteiger partial charge in [0.2, 0.25) is 5.69 Å². The van der Waals surface area contributed by atoms with E-state index in [4.69, 9.17) is 9.47 Å². The summed E-state index contributed by atoms with van der Waals surface area (Å²) in [6.07, 6.45) is -4.50. The lowest BCUT2D eigenvalue weighted by molar-refractivity contribution is -0.137. The minimum Gasteiger partial charge on any atom is -0.481 e. The topological polar surface area (TPSA) is 99.5 Å². The van der Waals surface area contributed by atoms with Crippen molar-refractivity contribution in [1.29, 1.82) is 0 Å². The SMILES string of the molecule is CCOC(=O)c1nn(-c2cccc(Br)c2)c(=O)cc1OCC(=O)Nc1ccc(C(F)(F)F)cc1. The molecule has 0 aliphatic rings. The zero-order valence-electron chi connectivity index (χ0n) is 17.6. The molecule has 34 heavy (non-hydrogen) atoms. The highest BCUT2D eigenvalue weighted by atomic mass is 79.9. The average molecular weight is 540 g/mol. The Morgan fingerprint density at radius 3 is 2.44 bits per heavy atom. The predicted octanol–water partition coefficient (Wildman–Crippen LogP) is 4.21. The maximum atomic E-state index is 12.7. The van der Waals surface area contributed by atoms with E-state index in [0.29, 0.717) is 10.2 Å². The number of esters is 1. The van der Waals surface area contributed by atoms with Gasteiger partial charge in [-0.05, 0) is 49.4 Å². The third-order valence-electron chi connectivity index (χ3n) is 4.27. The van der Waals surface area contributed by atoms with Gasteiger partial charge < -0.3 is 14.8 Å². The molecule has 1 amide bonds. The van der Waals surface area contributed by atoms with E-state index < -0.39 is 35.8 Å². The first-order valence-electron chi connectivity index (χ1n) is 9.76. The Balaban J connectivity index is 1.80. The van der Waals surface area contributed by atoms with E-state index in [2.05, 4.69) is 26.3 Å². The van der Waals surface area contributed by atoms with Crippen molar-refractivity contribution >= 4 is 33.5 Å². The molecule has 1 heterocycles. The number of carbonyl (C=O) groups excluding carboxylic acids is 2. The van der Waals surface area contributed by atoms with Crippen LogP contribution in [-0.4, -0.2) is 34.9 Å². The summed E-state index contributed by atoms with van der Waals surface area (Å²) < 4.78 is 49.9. The van der Waals surface area contributed by atoms with Gasteiger partial charge in [-0.1, -0.05) is 22.0 Å². The summed E-state index contributed by atoms with van der Waals surface area (Å²) in [5.74, 6) is -1.88. The molecule has 0 radical (unpaired) electrons. The number of alkyl halides is 3. The van der Waals surface area contributed by atoms with Gasteiger partial charge in [-0.3, -0.25) is 9.59 Å². The monoisotopic (exact) mass is 539 g/mol. The summed E-state index contributed by atoms with van der Waals surface area (Å²) in [5.41, 5.74) is -1.35.